The van der Waals surface area contributed by atoms with Gasteiger partial charge in [-0.15, -0.1) is 0 Å². The molecule has 7 nitrogen and oxygen atoms in total. The van der Waals surface area contributed by atoms with Crippen molar-refractivity contribution in [2.45, 2.75) is 39.2 Å². The summed E-state index contributed by atoms with van der Waals surface area (Å²) >= 11 is 0. The van der Waals surface area contributed by atoms with E-state index in [1.54, 1.807) is 0 Å². The molecule has 3 aromatic heterocycles. The molecule has 1 N–H and O–H groups in total. The van der Waals surface area contributed by atoms with Gasteiger partial charge in [0.1, 0.15) is 12.1 Å². The van der Waals surface area contributed by atoms with E-state index in [4.69, 9.17) is 9.52 Å². The second-order valence-electron chi connectivity index (χ2n) is 5.89. The summed E-state index contributed by atoms with van der Waals surface area (Å²) in [5, 5.41) is 9.67. The third kappa shape index (κ3) is 2.03. The topological polar surface area (TPSA) is 98.2 Å². The van der Waals surface area contributed by atoms with Gasteiger partial charge in [0.25, 0.3) is 5.56 Å². The van der Waals surface area contributed by atoms with Gasteiger partial charge in [0, 0.05) is 5.69 Å². The van der Waals surface area contributed by atoms with Crippen LogP contribution in [0.4, 0.5) is 0 Å². The van der Waals surface area contributed by atoms with Crippen molar-refractivity contribution in [1.82, 2.24) is 14.5 Å². The molecule has 3 heterocycles. The molecule has 7 heteroatoms. The smallest absolute Gasteiger partial charge is 0.323 e. The molecule has 1 aliphatic carbocycles. The van der Waals surface area contributed by atoms with Gasteiger partial charge in [-0.1, -0.05) is 0 Å². The van der Waals surface area contributed by atoms with Crippen LogP contribution in [0, 0.1) is 6.92 Å². The molecule has 3 aromatic rings. The summed E-state index contributed by atoms with van der Waals surface area (Å²) in [6, 6.07) is 0. The first-order valence-electron chi connectivity index (χ1n) is 7.58. The fraction of sp³-hybridized carbons (Fsp3) is 0.375. The van der Waals surface area contributed by atoms with Crippen LogP contribution in [0.15, 0.2) is 15.5 Å². The second-order valence-corrected chi connectivity index (χ2v) is 5.89. The summed E-state index contributed by atoms with van der Waals surface area (Å²) in [5.74, 6) is -1.10. The zero-order valence-corrected chi connectivity index (χ0v) is 12.6. The van der Waals surface area contributed by atoms with Gasteiger partial charge in [-0.25, -0.2) is 9.97 Å². The van der Waals surface area contributed by atoms with E-state index in [-0.39, 0.29) is 5.58 Å². The summed E-state index contributed by atoms with van der Waals surface area (Å²) in [6.07, 6.45) is 5.39. The highest BCUT2D eigenvalue weighted by Gasteiger charge is 2.23. The lowest BCUT2D eigenvalue weighted by Crippen LogP contribution is -2.23. The number of fused-ring (bicyclic) bond motifs is 5. The van der Waals surface area contributed by atoms with E-state index >= 15 is 0 Å². The predicted molar refractivity (Wildman–Crippen MR) is 82.6 cm³/mol. The lowest BCUT2D eigenvalue weighted by molar-refractivity contribution is -0.137. The molecule has 0 radical (unpaired) electrons. The van der Waals surface area contributed by atoms with E-state index in [0.717, 1.165) is 41.3 Å². The molecule has 0 unspecified atom stereocenters. The van der Waals surface area contributed by atoms with Crippen molar-refractivity contribution in [3.63, 3.8) is 0 Å². The first-order valence-corrected chi connectivity index (χ1v) is 7.58. The monoisotopic (exact) mass is 313 g/mol. The molecule has 4 rings (SSSR count). The van der Waals surface area contributed by atoms with E-state index in [2.05, 4.69) is 9.97 Å². The Morgan fingerprint density at radius 2 is 2.09 bits per heavy atom. The van der Waals surface area contributed by atoms with Gasteiger partial charge in [0.05, 0.1) is 11.7 Å². The second kappa shape index (κ2) is 4.91. The van der Waals surface area contributed by atoms with Crippen molar-refractivity contribution < 1.29 is 14.3 Å². The highest BCUT2D eigenvalue weighted by atomic mass is 16.4. The van der Waals surface area contributed by atoms with Crippen LogP contribution in [0.3, 0.4) is 0 Å². The summed E-state index contributed by atoms with van der Waals surface area (Å²) in [7, 11) is 0. The number of hydrogen-bond donors (Lipinski definition) is 1. The lowest BCUT2D eigenvalue weighted by atomic mass is 9.89. The molecule has 0 spiro atoms. The number of aryl methyl sites for hydroxylation is 2. The van der Waals surface area contributed by atoms with Crippen LogP contribution in [0.1, 0.15) is 29.7 Å². The van der Waals surface area contributed by atoms with Gasteiger partial charge >= 0.3 is 5.97 Å². The Morgan fingerprint density at radius 1 is 1.35 bits per heavy atom. The number of carboxylic acid groups (broad SMARTS) is 1. The van der Waals surface area contributed by atoms with Gasteiger partial charge in [0.15, 0.2) is 0 Å². The molecule has 0 saturated carbocycles. The Kier molecular flexibility index (Phi) is 2.97. The van der Waals surface area contributed by atoms with E-state index < -0.39 is 18.1 Å². The number of furan rings is 1. The van der Waals surface area contributed by atoms with Gasteiger partial charge in [-0.05, 0) is 43.7 Å². The molecule has 1 aliphatic rings. The number of carboxylic acids is 1. The Bertz CT molecular complexity index is 1020. The first kappa shape index (κ1) is 13.9. The third-order valence-corrected chi connectivity index (χ3v) is 4.43. The van der Waals surface area contributed by atoms with Crippen LogP contribution in [-0.2, 0) is 24.2 Å². The fourth-order valence-electron chi connectivity index (χ4n) is 3.40. The normalized spacial score (nSPS) is 14.3. The van der Waals surface area contributed by atoms with Gasteiger partial charge in [-0.2, -0.15) is 0 Å². The lowest BCUT2D eigenvalue weighted by Gasteiger charge is -2.17. The summed E-state index contributed by atoms with van der Waals surface area (Å²) in [5.41, 5.74) is 3.81. The maximum atomic E-state index is 12.4. The highest BCUT2D eigenvalue weighted by molar-refractivity contribution is 6.03. The van der Waals surface area contributed by atoms with Crippen molar-refractivity contribution in [1.29, 1.82) is 0 Å². The van der Waals surface area contributed by atoms with Gasteiger partial charge in [0.2, 0.25) is 11.3 Å². The van der Waals surface area contributed by atoms with Crippen LogP contribution in [0.2, 0.25) is 0 Å². The average molecular weight is 313 g/mol. The van der Waals surface area contributed by atoms with Gasteiger partial charge in [-0.3, -0.25) is 14.2 Å². The number of aliphatic carboxylic acids is 1. The molecule has 0 atom stereocenters. The molecule has 23 heavy (non-hydrogen) atoms. The highest BCUT2D eigenvalue weighted by Crippen LogP contribution is 2.34. The van der Waals surface area contributed by atoms with Crippen molar-refractivity contribution in [2.75, 3.05) is 0 Å². The van der Waals surface area contributed by atoms with Crippen molar-refractivity contribution in [2.24, 2.45) is 0 Å². The fourth-order valence-corrected chi connectivity index (χ4v) is 3.40. The van der Waals surface area contributed by atoms with Crippen LogP contribution in [-0.4, -0.2) is 25.6 Å². The maximum absolute atomic E-state index is 12.4. The maximum Gasteiger partial charge on any atom is 0.323 e. The number of nitrogens with zero attached hydrogens (tertiary/aromatic N) is 3. The van der Waals surface area contributed by atoms with E-state index in [9.17, 15) is 9.59 Å². The van der Waals surface area contributed by atoms with Crippen molar-refractivity contribution in [3.8, 4) is 0 Å². The van der Waals surface area contributed by atoms with Crippen molar-refractivity contribution >= 4 is 28.2 Å². The molecule has 0 fully saturated rings. The van der Waals surface area contributed by atoms with Gasteiger partial charge < -0.3 is 9.52 Å². The summed E-state index contributed by atoms with van der Waals surface area (Å²) < 4.78 is 6.69. The van der Waals surface area contributed by atoms with Crippen LogP contribution < -0.4 is 5.56 Å². The minimum atomic E-state index is -1.10. The number of aromatic nitrogens is 3. The zero-order valence-electron chi connectivity index (χ0n) is 12.6. The first-order chi connectivity index (χ1) is 11.1. The molecule has 0 bridgehead atoms. The molecule has 118 valence electrons. The minimum Gasteiger partial charge on any atom is -0.480 e. The molecule has 0 aromatic carbocycles. The average Bonchev–Trinajstić information content (AvgIpc) is 2.89. The third-order valence-electron chi connectivity index (χ3n) is 4.43. The largest absolute Gasteiger partial charge is 0.480 e. The summed E-state index contributed by atoms with van der Waals surface area (Å²) in [4.78, 5) is 32.0. The number of pyridine rings is 1. The Balaban J connectivity index is 2.07. The Hall–Kier alpha value is -2.70. The minimum absolute atomic E-state index is 0.0784. The Labute approximate surface area is 130 Å². The zero-order chi connectivity index (χ0) is 16.1. The number of hydrogen-bond acceptors (Lipinski definition) is 5. The Morgan fingerprint density at radius 3 is 2.83 bits per heavy atom. The quantitative estimate of drug-likeness (QED) is 0.774. The molecular formula is C16H15N3O4. The predicted octanol–water partition coefficient (Wildman–Crippen LogP) is 1.81. The van der Waals surface area contributed by atoms with Crippen LogP contribution >= 0.6 is 0 Å². The SMILES string of the molecule is Cc1nc2oc3c(=O)n(CC(=O)O)cnc3c2c2c1CCCC2. The van der Waals surface area contributed by atoms with Crippen molar-refractivity contribution in [3.05, 3.63) is 33.5 Å². The van der Waals surface area contributed by atoms with Crippen LogP contribution in [0.5, 0.6) is 0 Å². The molecular weight excluding hydrogens is 298 g/mol. The molecule has 0 amide bonds. The number of rotatable bonds is 2. The summed E-state index contributed by atoms with van der Waals surface area (Å²) in [6.45, 7) is 1.51. The standard InChI is InChI=1S/C16H15N3O4/c1-8-9-4-2-3-5-10(9)12-13-14(23-15(12)18-8)16(22)19(7-17-13)6-11(20)21/h7H,2-6H2,1H3,(H,20,21). The van der Waals surface area contributed by atoms with Crippen LogP contribution in [0.25, 0.3) is 22.2 Å². The molecule has 0 saturated heterocycles. The van der Waals surface area contributed by atoms with E-state index in [1.807, 2.05) is 6.92 Å². The van der Waals surface area contributed by atoms with E-state index in [0.29, 0.717) is 11.2 Å². The molecule has 0 aliphatic heterocycles. The number of carbonyl (C=O) groups is 1. The van der Waals surface area contributed by atoms with E-state index in [1.165, 1.54) is 17.5 Å².